The molecule has 0 saturated heterocycles. The molecule has 0 atom stereocenters. The van der Waals surface area contributed by atoms with Crippen molar-refractivity contribution in [1.82, 2.24) is 0 Å². The fourth-order valence-corrected chi connectivity index (χ4v) is 0.203. The first-order valence-corrected chi connectivity index (χ1v) is 2.80. The van der Waals surface area contributed by atoms with E-state index in [0.717, 1.165) is 14.2 Å². The molecule has 0 aliphatic carbocycles. The Bertz CT molecular complexity index is 53.7. The second-order valence-electron chi connectivity index (χ2n) is 0.925. The smallest absolute Gasteiger partial charge is 0.302 e. The highest BCUT2D eigenvalue weighted by molar-refractivity contribution is 5.65. The van der Waals surface area contributed by atoms with Gasteiger partial charge in [-0.1, -0.05) is 0 Å². The van der Waals surface area contributed by atoms with E-state index < -0.39 is 0 Å². The van der Waals surface area contributed by atoms with E-state index in [9.17, 15) is 4.79 Å². The summed E-state index contributed by atoms with van der Waals surface area (Å²) in [7, 11) is 2.00. The summed E-state index contributed by atoms with van der Waals surface area (Å²) < 4.78 is 4.40. The van der Waals surface area contributed by atoms with Gasteiger partial charge in [0.05, 0.1) is 6.61 Å². The maximum atomic E-state index is 9.82. The average molecular weight is 152 g/mol. The average Bonchev–Trinajstić information content (AvgIpc) is 1.96. The van der Waals surface area contributed by atoms with Gasteiger partial charge in [-0.3, -0.25) is 4.79 Å². The second kappa shape index (κ2) is 23.8. The Kier molecular flexibility index (Phi) is 38.5. The van der Waals surface area contributed by atoms with Crippen molar-refractivity contribution in [3.8, 4) is 0 Å². The number of carbonyl (C=O) groups is 1. The van der Waals surface area contributed by atoms with Crippen LogP contribution in [-0.4, -0.2) is 37.0 Å². The number of esters is 1. The zero-order chi connectivity index (χ0) is 8.99. The number of carbonyl (C=O) groups excluding carboxylic acids is 1. The van der Waals surface area contributed by atoms with E-state index in [2.05, 4.69) is 4.74 Å². The predicted octanol–water partition coefficient (Wildman–Crippen LogP) is -0.214. The Labute approximate surface area is 61.4 Å². The van der Waals surface area contributed by atoms with Gasteiger partial charge in [-0.2, -0.15) is 0 Å². The Morgan fingerprint density at radius 2 is 1.60 bits per heavy atom. The third kappa shape index (κ3) is 52.8. The van der Waals surface area contributed by atoms with E-state index in [1.165, 1.54) is 6.92 Å². The van der Waals surface area contributed by atoms with Crippen LogP contribution in [0, 0.1) is 0 Å². The molecule has 4 nitrogen and oxygen atoms in total. The zero-order valence-electron chi connectivity index (χ0n) is 6.92. The van der Waals surface area contributed by atoms with Gasteiger partial charge in [-0.05, 0) is 6.92 Å². The molecule has 0 aromatic carbocycles. The Balaban J connectivity index is -0.000000105. The molecule has 2 N–H and O–H groups in total. The quantitative estimate of drug-likeness (QED) is 0.510. The van der Waals surface area contributed by atoms with Crippen molar-refractivity contribution in [2.75, 3.05) is 20.8 Å². The van der Waals surface area contributed by atoms with Crippen molar-refractivity contribution in [2.24, 2.45) is 0 Å². The number of ether oxygens (including phenoxy) is 1. The van der Waals surface area contributed by atoms with Crippen LogP contribution < -0.4 is 0 Å². The van der Waals surface area contributed by atoms with E-state index in [0.29, 0.717) is 6.61 Å². The first-order valence-electron chi connectivity index (χ1n) is 2.80. The van der Waals surface area contributed by atoms with Crippen molar-refractivity contribution in [1.29, 1.82) is 0 Å². The molecule has 0 spiro atoms. The van der Waals surface area contributed by atoms with Gasteiger partial charge >= 0.3 is 5.97 Å². The highest BCUT2D eigenvalue weighted by atomic mass is 16.5. The maximum Gasteiger partial charge on any atom is 0.302 e. The van der Waals surface area contributed by atoms with Crippen LogP contribution in [0.15, 0.2) is 0 Å². The molecule has 0 radical (unpaired) electrons. The third-order valence-corrected chi connectivity index (χ3v) is 0.348. The van der Waals surface area contributed by atoms with E-state index in [4.69, 9.17) is 10.2 Å². The summed E-state index contributed by atoms with van der Waals surface area (Å²) >= 11 is 0. The Morgan fingerprint density at radius 3 is 1.60 bits per heavy atom. The molecule has 0 fully saturated rings. The lowest BCUT2D eigenvalue weighted by atomic mass is 10.8. The molecule has 0 aliphatic rings. The predicted molar refractivity (Wildman–Crippen MR) is 38.6 cm³/mol. The normalized spacial score (nSPS) is 5.80. The lowest BCUT2D eigenvalue weighted by Gasteiger charge is -1.89. The largest absolute Gasteiger partial charge is 0.466 e. The van der Waals surface area contributed by atoms with E-state index in [-0.39, 0.29) is 5.97 Å². The lowest BCUT2D eigenvalue weighted by Crippen LogP contribution is -1.95. The number of hydrogen-bond acceptors (Lipinski definition) is 4. The molecule has 0 bridgehead atoms. The van der Waals surface area contributed by atoms with Crippen LogP contribution in [0.5, 0.6) is 0 Å². The number of aliphatic hydroxyl groups excluding tert-OH is 2. The number of aliphatic hydroxyl groups is 2. The van der Waals surface area contributed by atoms with E-state index >= 15 is 0 Å². The minimum atomic E-state index is -0.211. The highest BCUT2D eigenvalue weighted by Gasteiger charge is 1.81. The van der Waals surface area contributed by atoms with Crippen molar-refractivity contribution < 1.29 is 19.7 Å². The number of hydrogen-bond donors (Lipinski definition) is 2. The molecule has 0 heterocycles. The molecule has 64 valence electrons. The van der Waals surface area contributed by atoms with Gasteiger partial charge < -0.3 is 14.9 Å². The molecular weight excluding hydrogens is 136 g/mol. The fourth-order valence-electron chi connectivity index (χ4n) is 0.203. The first-order chi connectivity index (χ1) is 4.77. The van der Waals surface area contributed by atoms with Gasteiger partial charge in [0.25, 0.3) is 0 Å². The van der Waals surface area contributed by atoms with Gasteiger partial charge in [0.15, 0.2) is 0 Å². The third-order valence-electron chi connectivity index (χ3n) is 0.348. The molecule has 10 heavy (non-hydrogen) atoms. The summed E-state index contributed by atoms with van der Waals surface area (Å²) in [4.78, 5) is 9.82. The molecule has 0 aromatic rings. The summed E-state index contributed by atoms with van der Waals surface area (Å²) in [6.45, 7) is 3.65. The molecule has 0 amide bonds. The monoisotopic (exact) mass is 152 g/mol. The Morgan fingerprint density at radius 1 is 1.30 bits per heavy atom. The first kappa shape index (κ1) is 16.2. The van der Waals surface area contributed by atoms with Gasteiger partial charge in [-0.25, -0.2) is 0 Å². The van der Waals surface area contributed by atoms with Gasteiger partial charge in [-0.15, -0.1) is 0 Å². The van der Waals surface area contributed by atoms with Crippen LogP contribution in [0.4, 0.5) is 0 Å². The van der Waals surface area contributed by atoms with Gasteiger partial charge in [0.1, 0.15) is 0 Å². The number of rotatable bonds is 1. The summed E-state index contributed by atoms with van der Waals surface area (Å²) in [5.74, 6) is -0.211. The molecular formula is C6H16O4. The van der Waals surface area contributed by atoms with Crippen molar-refractivity contribution in [3.05, 3.63) is 0 Å². The molecule has 4 heteroatoms. The summed E-state index contributed by atoms with van der Waals surface area (Å²) in [6, 6.07) is 0. The molecule has 0 unspecified atom stereocenters. The fraction of sp³-hybridized carbons (Fsp3) is 0.833. The lowest BCUT2D eigenvalue weighted by molar-refractivity contribution is -0.140. The second-order valence-corrected chi connectivity index (χ2v) is 0.925. The summed E-state index contributed by atoms with van der Waals surface area (Å²) in [5.41, 5.74) is 0. The summed E-state index contributed by atoms with van der Waals surface area (Å²) in [5, 5.41) is 14.0. The maximum absolute atomic E-state index is 9.82. The van der Waals surface area contributed by atoms with Gasteiger partial charge in [0, 0.05) is 21.1 Å². The van der Waals surface area contributed by atoms with E-state index in [1.54, 1.807) is 6.92 Å². The minimum absolute atomic E-state index is 0.211. The standard InChI is InChI=1S/C4H8O2.2CH4O/c1-3-6-4(2)5;2*1-2/h3H2,1-2H3;2*2H,1H3. The van der Waals surface area contributed by atoms with Gasteiger partial charge in [0.2, 0.25) is 0 Å². The highest BCUT2D eigenvalue weighted by Crippen LogP contribution is 1.69. The molecule has 0 aliphatic heterocycles. The van der Waals surface area contributed by atoms with Crippen LogP contribution in [0.2, 0.25) is 0 Å². The van der Waals surface area contributed by atoms with Crippen LogP contribution in [0.1, 0.15) is 13.8 Å². The minimum Gasteiger partial charge on any atom is -0.466 e. The molecule has 0 aromatic heterocycles. The Hall–Kier alpha value is -0.610. The van der Waals surface area contributed by atoms with Crippen molar-refractivity contribution in [2.45, 2.75) is 13.8 Å². The van der Waals surface area contributed by atoms with Crippen molar-refractivity contribution >= 4 is 5.97 Å². The van der Waals surface area contributed by atoms with Crippen LogP contribution in [0.25, 0.3) is 0 Å². The topological polar surface area (TPSA) is 66.8 Å². The SMILES string of the molecule is CCOC(C)=O.CO.CO. The van der Waals surface area contributed by atoms with Crippen molar-refractivity contribution in [3.63, 3.8) is 0 Å². The molecule has 0 rings (SSSR count). The van der Waals surface area contributed by atoms with Crippen LogP contribution >= 0.6 is 0 Å². The zero-order valence-corrected chi connectivity index (χ0v) is 6.92. The molecule has 0 saturated carbocycles. The van der Waals surface area contributed by atoms with Crippen LogP contribution in [-0.2, 0) is 9.53 Å². The van der Waals surface area contributed by atoms with E-state index in [1.807, 2.05) is 0 Å². The summed E-state index contributed by atoms with van der Waals surface area (Å²) in [6.07, 6.45) is 0. The van der Waals surface area contributed by atoms with Crippen LogP contribution in [0.3, 0.4) is 0 Å².